The second-order valence-corrected chi connectivity index (χ2v) is 7.17. The predicted octanol–water partition coefficient (Wildman–Crippen LogP) is 2.59. The average molecular weight is 321 g/mol. The van der Waals surface area contributed by atoms with E-state index in [2.05, 4.69) is 48.3 Å². The van der Waals surface area contributed by atoms with E-state index in [0.717, 1.165) is 45.0 Å². The fourth-order valence-corrected chi connectivity index (χ4v) is 3.42. The highest BCUT2D eigenvalue weighted by Gasteiger charge is 2.19. The summed E-state index contributed by atoms with van der Waals surface area (Å²) in [7, 11) is 0. The molecule has 1 aliphatic heterocycles. The molecule has 0 aliphatic carbocycles. The van der Waals surface area contributed by atoms with Gasteiger partial charge in [0.25, 0.3) is 0 Å². The topological polar surface area (TPSA) is 47.9 Å². The molecule has 4 nitrogen and oxygen atoms in total. The summed E-state index contributed by atoms with van der Waals surface area (Å²) < 4.78 is 0. The highest BCUT2D eigenvalue weighted by Crippen LogP contribution is 2.22. The number of benzene rings is 1. The zero-order valence-corrected chi connectivity index (χ0v) is 14.4. The summed E-state index contributed by atoms with van der Waals surface area (Å²) in [5.74, 6) is 0.981. The lowest BCUT2D eigenvalue weighted by Crippen LogP contribution is -2.46. The van der Waals surface area contributed by atoms with E-state index in [4.69, 9.17) is 4.99 Å². The van der Waals surface area contributed by atoms with Crippen LogP contribution in [0.2, 0.25) is 0 Å². The molecule has 22 heavy (non-hydrogen) atoms. The van der Waals surface area contributed by atoms with Gasteiger partial charge in [-0.05, 0) is 31.9 Å². The molecule has 1 aliphatic rings. The maximum Gasteiger partial charge on any atom is 0.193 e. The molecule has 1 heterocycles. The molecule has 1 atom stereocenters. The molecule has 2 N–H and O–H groups in total. The number of rotatable bonds is 5. The van der Waals surface area contributed by atoms with E-state index in [9.17, 15) is 5.11 Å². The maximum atomic E-state index is 9.63. The Morgan fingerprint density at radius 1 is 1.36 bits per heavy atom. The third-order valence-electron chi connectivity index (χ3n) is 3.68. The second kappa shape index (κ2) is 9.06. The van der Waals surface area contributed by atoms with Crippen LogP contribution >= 0.6 is 11.8 Å². The molecule has 2 rings (SSSR count). The zero-order chi connectivity index (χ0) is 15.8. The van der Waals surface area contributed by atoms with E-state index in [1.165, 1.54) is 4.90 Å². The fourth-order valence-electron chi connectivity index (χ4n) is 2.49. The van der Waals surface area contributed by atoms with Gasteiger partial charge in [-0.25, -0.2) is 0 Å². The zero-order valence-electron chi connectivity index (χ0n) is 13.5. The van der Waals surface area contributed by atoms with Crippen LogP contribution in [0.15, 0.2) is 40.2 Å². The quantitative estimate of drug-likeness (QED) is 0.497. The Morgan fingerprint density at radius 3 is 2.68 bits per heavy atom. The van der Waals surface area contributed by atoms with Crippen molar-refractivity contribution in [3.8, 4) is 0 Å². The summed E-state index contributed by atoms with van der Waals surface area (Å²) in [5, 5.41) is 13.4. The molecular formula is C17H27N3OS. The van der Waals surface area contributed by atoms with Crippen molar-refractivity contribution in [2.75, 3.05) is 26.2 Å². The molecule has 0 aromatic heterocycles. The first-order valence-electron chi connectivity index (χ1n) is 8.12. The normalized spacial score (nSPS) is 18.3. The smallest absolute Gasteiger partial charge is 0.193 e. The summed E-state index contributed by atoms with van der Waals surface area (Å²) in [6.45, 7) is 7.74. The molecule has 5 heteroatoms. The predicted molar refractivity (Wildman–Crippen MR) is 94.6 cm³/mol. The molecule has 0 spiro atoms. The molecule has 1 saturated heterocycles. The third kappa shape index (κ3) is 5.54. The number of thioether (sulfide) groups is 1. The molecule has 1 aromatic carbocycles. The Morgan fingerprint density at radius 2 is 2.05 bits per heavy atom. The number of hydrogen-bond acceptors (Lipinski definition) is 3. The number of guanidine groups is 1. The summed E-state index contributed by atoms with van der Waals surface area (Å²) in [6, 6.07) is 10.5. The van der Waals surface area contributed by atoms with Crippen LogP contribution in [0.4, 0.5) is 0 Å². The number of piperidine rings is 1. The number of likely N-dealkylation sites (tertiary alicyclic amines) is 1. The van der Waals surface area contributed by atoms with Crippen molar-refractivity contribution < 1.29 is 5.11 Å². The minimum absolute atomic E-state index is 0.147. The van der Waals surface area contributed by atoms with Crippen molar-refractivity contribution in [1.82, 2.24) is 10.2 Å². The minimum Gasteiger partial charge on any atom is -0.393 e. The van der Waals surface area contributed by atoms with Gasteiger partial charge >= 0.3 is 0 Å². The second-order valence-electron chi connectivity index (χ2n) is 5.65. The number of nitrogens with one attached hydrogen (secondary N) is 1. The van der Waals surface area contributed by atoms with Crippen LogP contribution in [0, 0.1) is 0 Å². The van der Waals surface area contributed by atoms with Gasteiger partial charge in [0.15, 0.2) is 5.96 Å². The van der Waals surface area contributed by atoms with Crippen LogP contribution in [0.25, 0.3) is 0 Å². The first-order valence-corrected chi connectivity index (χ1v) is 9.00. The third-order valence-corrected chi connectivity index (χ3v) is 4.77. The van der Waals surface area contributed by atoms with Crippen molar-refractivity contribution in [3.05, 3.63) is 30.3 Å². The lowest BCUT2D eigenvalue weighted by atomic mass is 10.1. The molecule has 0 radical (unpaired) electrons. The summed E-state index contributed by atoms with van der Waals surface area (Å²) in [6.07, 6.45) is 1.52. The number of aliphatic imine (C=N–C) groups is 1. The van der Waals surface area contributed by atoms with E-state index in [-0.39, 0.29) is 6.10 Å². The molecular weight excluding hydrogens is 294 g/mol. The molecule has 122 valence electrons. The highest BCUT2D eigenvalue weighted by molar-refractivity contribution is 8.00. The van der Waals surface area contributed by atoms with Crippen molar-refractivity contribution in [2.45, 2.75) is 42.9 Å². The fraction of sp³-hybridized carbons (Fsp3) is 0.588. The first-order chi connectivity index (χ1) is 10.7. The Bertz CT molecular complexity index is 458. The van der Waals surface area contributed by atoms with Gasteiger partial charge in [0.05, 0.1) is 12.6 Å². The molecule has 0 amide bonds. The van der Waals surface area contributed by atoms with Gasteiger partial charge in [-0.1, -0.05) is 25.1 Å². The van der Waals surface area contributed by atoms with Gasteiger partial charge in [0.1, 0.15) is 0 Å². The van der Waals surface area contributed by atoms with Gasteiger partial charge in [-0.3, -0.25) is 4.99 Å². The van der Waals surface area contributed by atoms with E-state index in [1.807, 2.05) is 17.8 Å². The van der Waals surface area contributed by atoms with Gasteiger partial charge in [-0.15, -0.1) is 11.8 Å². The van der Waals surface area contributed by atoms with E-state index >= 15 is 0 Å². The molecule has 0 saturated carbocycles. The lowest BCUT2D eigenvalue weighted by Gasteiger charge is -2.32. The van der Waals surface area contributed by atoms with Crippen LogP contribution in [0.1, 0.15) is 26.7 Å². The largest absolute Gasteiger partial charge is 0.393 e. The van der Waals surface area contributed by atoms with Gasteiger partial charge in [0.2, 0.25) is 0 Å². The molecule has 1 unspecified atom stereocenters. The van der Waals surface area contributed by atoms with Gasteiger partial charge < -0.3 is 15.3 Å². The molecule has 1 aromatic rings. The van der Waals surface area contributed by atoms with Crippen LogP contribution < -0.4 is 5.32 Å². The van der Waals surface area contributed by atoms with Crippen LogP contribution in [0.5, 0.6) is 0 Å². The Balaban J connectivity index is 1.89. The average Bonchev–Trinajstić information content (AvgIpc) is 2.53. The molecule has 0 bridgehead atoms. The summed E-state index contributed by atoms with van der Waals surface area (Å²) >= 11 is 1.86. The van der Waals surface area contributed by atoms with Crippen molar-refractivity contribution >= 4 is 17.7 Å². The van der Waals surface area contributed by atoms with E-state index in [0.29, 0.717) is 5.25 Å². The number of aliphatic hydroxyl groups excluding tert-OH is 1. The standard InChI is InChI=1S/C17H27N3OS/c1-3-18-17(20-11-9-15(21)10-12-20)19-13-14(2)22-16-7-5-4-6-8-16/h4-8,14-15,21H,3,9-13H2,1-2H3,(H,18,19). The highest BCUT2D eigenvalue weighted by atomic mass is 32.2. The number of aliphatic hydroxyl groups is 1. The monoisotopic (exact) mass is 321 g/mol. The van der Waals surface area contributed by atoms with Crippen LogP contribution in [-0.4, -0.2) is 53.5 Å². The maximum absolute atomic E-state index is 9.63. The van der Waals surface area contributed by atoms with E-state index < -0.39 is 0 Å². The summed E-state index contributed by atoms with van der Waals surface area (Å²) in [4.78, 5) is 8.34. The molecule has 1 fully saturated rings. The Kier molecular flexibility index (Phi) is 7.06. The van der Waals surface area contributed by atoms with Crippen LogP contribution in [0.3, 0.4) is 0 Å². The first kappa shape index (κ1) is 17.2. The Labute approximate surface area is 138 Å². The summed E-state index contributed by atoms with van der Waals surface area (Å²) in [5.41, 5.74) is 0. The van der Waals surface area contributed by atoms with Crippen LogP contribution in [-0.2, 0) is 0 Å². The van der Waals surface area contributed by atoms with Crippen molar-refractivity contribution in [1.29, 1.82) is 0 Å². The lowest BCUT2D eigenvalue weighted by molar-refractivity contribution is 0.108. The number of hydrogen-bond donors (Lipinski definition) is 2. The van der Waals surface area contributed by atoms with Gasteiger partial charge in [0, 0.05) is 29.8 Å². The van der Waals surface area contributed by atoms with Gasteiger partial charge in [-0.2, -0.15) is 0 Å². The van der Waals surface area contributed by atoms with E-state index in [1.54, 1.807) is 0 Å². The van der Waals surface area contributed by atoms with Crippen molar-refractivity contribution in [3.63, 3.8) is 0 Å². The minimum atomic E-state index is -0.147. The Hall–Kier alpha value is -1.20. The van der Waals surface area contributed by atoms with Crippen molar-refractivity contribution in [2.24, 2.45) is 4.99 Å². The SMILES string of the molecule is CCNC(=NCC(C)Sc1ccccc1)N1CCC(O)CC1. The number of nitrogens with zero attached hydrogens (tertiary/aromatic N) is 2.